The van der Waals surface area contributed by atoms with Crippen LogP contribution in [0.15, 0.2) is 0 Å². The van der Waals surface area contributed by atoms with Gasteiger partial charge in [0.25, 0.3) is 0 Å². The van der Waals surface area contributed by atoms with E-state index in [9.17, 15) is 4.79 Å². The van der Waals surface area contributed by atoms with Crippen molar-refractivity contribution in [3.8, 4) is 0 Å². The predicted octanol–water partition coefficient (Wildman–Crippen LogP) is 1.22. The molecule has 0 bridgehead atoms. The lowest BCUT2D eigenvalue weighted by atomic mass is 10.0. The number of Topliss-reactive ketones (excluding diaryl/α,β-unsaturated/α-hetero) is 1. The first-order valence-electron chi connectivity index (χ1n) is 3.67. The minimum atomic E-state index is -0.256. The highest BCUT2D eigenvalue weighted by Gasteiger charge is 2.14. The molecule has 0 radical (unpaired) electrons. The Hall–Kier alpha value is -0.410. The van der Waals surface area contributed by atoms with Crippen molar-refractivity contribution in [3.63, 3.8) is 0 Å². The van der Waals surface area contributed by atoms with Gasteiger partial charge in [-0.15, -0.1) is 0 Å². The van der Waals surface area contributed by atoms with E-state index >= 15 is 0 Å². The van der Waals surface area contributed by atoms with Crippen molar-refractivity contribution < 1.29 is 14.3 Å². The van der Waals surface area contributed by atoms with Crippen LogP contribution in [0.1, 0.15) is 20.3 Å². The molecule has 0 rings (SSSR count). The summed E-state index contributed by atoms with van der Waals surface area (Å²) >= 11 is 0. The van der Waals surface area contributed by atoms with Crippen molar-refractivity contribution in [2.75, 3.05) is 14.2 Å². The fourth-order valence-corrected chi connectivity index (χ4v) is 0.743. The molecule has 1 atom stereocenters. The standard InChI is InChI=1S/C8H16O3/c1-6(7(2)9)5-8(10-3)11-4/h6,8H,5H2,1-4H3. The Labute approximate surface area is 67.7 Å². The molecule has 0 aromatic rings. The van der Waals surface area contributed by atoms with Crippen LogP contribution in [0.4, 0.5) is 0 Å². The summed E-state index contributed by atoms with van der Waals surface area (Å²) in [6.07, 6.45) is 0.372. The maximum atomic E-state index is 10.8. The van der Waals surface area contributed by atoms with E-state index in [1.807, 2.05) is 6.92 Å². The molecule has 0 N–H and O–H groups in total. The minimum absolute atomic E-state index is 0.0138. The molecule has 0 aliphatic rings. The fourth-order valence-electron chi connectivity index (χ4n) is 0.743. The molecule has 11 heavy (non-hydrogen) atoms. The van der Waals surface area contributed by atoms with E-state index in [0.29, 0.717) is 6.42 Å². The average molecular weight is 160 g/mol. The molecule has 3 heteroatoms. The van der Waals surface area contributed by atoms with Gasteiger partial charge in [-0.3, -0.25) is 4.79 Å². The van der Waals surface area contributed by atoms with E-state index in [1.165, 1.54) is 0 Å². The monoisotopic (exact) mass is 160 g/mol. The summed E-state index contributed by atoms with van der Waals surface area (Å²) in [6.45, 7) is 3.44. The number of ether oxygens (including phenoxy) is 2. The molecule has 0 saturated carbocycles. The number of ketones is 1. The predicted molar refractivity (Wildman–Crippen MR) is 42.3 cm³/mol. The summed E-state index contributed by atoms with van der Waals surface area (Å²) in [5.74, 6) is 0.184. The summed E-state index contributed by atoms with van der Waals surface area (Å²) in [6, 6.07) is 0. The molecule has 0 aliphatic carbocycles. The molecule has 0 aromatic carbocycles. The number of methoxy groups -OCH3 is 2. The molecule has 0 saturated heterocycles. The second kappa shape index (κ2) is 5.27. The first-order valence-corrected chi connectivity index (χ1v) is 3.67. The molecule has 0 aromatic heterocycles. The summed E-state index contributed by atoms with van der Waals surface area (Å²) in [5, 5.41) is 0. The minimum Gasteiger partial charge on any atom is -0.356 e. The summed E-state index contributed by atoms with van der Waals surface area (Å²) in [5.41, 5.74) is 0. The zero-order chi connectivity index (χ0) is 8.85. The lowest BCUT2D eigenvalue weighted by Gasteiger charge is -2.15. The molecule has 0 spiro atoms. The SMILES string of the molecule is COC(CC(C)C(C)=O)OC. The van der Waals surface area contributed by atoms with Crippen molar-refractivity contribution in [1.82, 2.24) is 0 Å². The quantitative estimate of drug-likeness (QED) is 0.567. The molecule has 0 fully saturated rings. The highest BCUT2D eigenvalue weighted by molar-refractivity contribution is 5.77. The fraction of sp³-hybridized carbons (Fsp3) is 0.875. The molecule has 3 nitrogen and oxygen atoms in total. The topological polar surface area (TPSA) is 35.5 Å². The van der Waals surface area contributed by atoms with Crippen LogP contribution in [0.3, 0.4) is 0 Å². The Kier molecular flexibility index (Phi) is 5.07. The third-order valence-electron chi connectivity index (χ3n) is 1.77. The molecule has 1 unspecified atom stereocenters. The highest BCUT2D eigenvalue weighted by Crippen LogP contribution is 2.09. The Morgan fingerprint density at radius 3 is 2.09 bits per heavy atom. The van der Waals surface area contributed by atoms with Crippen LogP contribution in [0.25, 0.3) is 0 Å². The summed E-state index contributed by atoms with van der Waals surface area (Å²) < 4.78 is 9.89. The van der Waals surface area contributed by atoms with Gasteiger partial charge in [0, 0.05) is 26.6 Å². The second-order valence-corrected chi connectivity index (χ2v) is 2.65. The molecule has 66 valence electrons. The highest BCUT2D eigenvalue weighted by atomic mass is 16.7. The van der Waals surface area contributed by atoms with Gasteiger partial charge in [-0.2, -0.15) is 0 Å². The van der Waals surface area contributed by atoms with Gasteiger partial charge in [0.1, 0.15) is 5.78 Å². The van der Waals surface area contributed by atoms with E-state index in [2.05, 4.69) is 0 Å². The maximum absolute atomic E-state index is 10.8. The zero-order valence-electron chi connectivity index (χ0n) is 7.59. The van der Waals surface area contributed by atoms with Crippen LogP contribution in [-0.4, -0.2) is 26.3 Å². The maximum Gasteiger partial charge on any atom is 0.157 e. The van der Waals surface area contributed by atoms with Gasteiger partial charge in [0.2, 0.25) is 0 Å². The number of carbonyl (C=O) groups is 1. The van der Waals surface area contributed by atoms with Crippen molar-refractivity contribution >= 4 is 5.78 Å². The molecule has 0 amide bonds. The first kappa shape index (κ1) is 10.6. The van der Waals surface area contributed by atoms with Gasteiger partial charge in [0.15, 0.2) is 6.29 Å². The summed E-state index contributed by atoms with van der Waals surface area (Å²) in [7, 11) is 3.14. The Bertz CT molecular complexity index is 119. The number of hydrogen-bond acceptors (Lipinski definition) is 3. The zero-order valence-corrected chi connectivity index (χ0v) is 7.59. The molecule has 0 heterocycles. The van der Waals surface area contributed by atoms with Crippen LogP contribution in [0.2, 0.25) is 0 Å². The van der Waals surface area contributed by atoms with E-state index in [0.717, 1.165) is 0 Å². The second-order valence-electron chi connectivity index (χ2n) is 2.65. The molecular formula is C8H16O3. The van der Waals surface area contributed by atoms with Crippen LogP contribution in [-0.2, 0) is 14.3 Å². The van der Waals surface area contributed by atoms with Crippen molar-refractivity contribution in [3.05, 3.63) is 0 Å². The van der Waals surface area contributed by atoms with Crippen LogP contribution < -0.4 is 0 Å². The van der Waals surface area contributed by atoms with Gasteiger partial charge < -0.3 is 9.47 Å². The Morgan fingerprint density at radius 2 is 1.82 bits per heavy atom. The van der Waals surface area contributed by atoms with E-state index in [4.69, 9.17) is 9.47 Å². The third-order valence-corrected chi connectivity index (χ3v) is 1.77. The number of hydrogen-bond donors (Lipinski definition) is 0. The normalized spacial score (nSPS) is 13.5. The van der Waals surface area contributed by atoms with Crippen molar-refractivity contribution in [2.45, 2.75) is 26.6 Å². The van der Waals surface area contributed by atoms with Crippen LogP contribution >= 0.6 is 0 Å². The van der Waals surface area contributed by atoms with E-state index in [1.54, 1.807) is 21.1 Å². The largest absolute Gasteiger partial charge is 0.356 e. The first-order chi connectivity index (χ1) is 5.11. The lowest BCUT2D eigenvalue weighted by molar-refractivity contribution is -0.132. The average Bonchev–Trinajstić information content (AvgIpc) is 1.99. The molecule has 0 aliphatic heterocycles. The number of rotatable bonds is 5. The number of carbonyl (C=O) groups excluding carboxylic acids is 1. The van der Waals surface area contributed by atoms with E-state index < -0.39 is 0 Å². The van der Waals surface area contributed by atoms with E-state index in [-0.39, 0.29) is 18.0 Å². The summed E-state index contributed by atoms with van der Waals surface area (Å²) in [4.78, 5) is 10.8. The lowest BCUT2D eigenvalue weighted by Crippen LogP contribution is -2.20. The van der Waals surface area contributed by atoms with Gasteiger partial charge in [-0.25, -0.2) is 0 Å². The molecular weight excluding hydrogens is 144 g/mol. The van der Waals surface area contributed by atoms with Gasteiger partial charge in [-0.1, -0.05) is 6.92 Å². The third kappa shape index (κ3) is 4.11. The van der Waals surface area contributed by atoms with Crippen molar-refractivity contribution in [2.24, 2.45) is 5.92 Å². The van der Waals surface area contributed by atoms with Crippen LogP contribution in [0, 0.1) is 5.92 Å². The Balaban J connectivity index is 3.71. The van der Waals surface area contributed by atoms with Crippen molar-refractivity contribution in [1.29, 1.82) is 0 Å². The Morgan fingerprint density at radius 1 is 1.36 bits per heavy atom. The van der Waals surface area contributed by atoms with Gasteiger partial charge in [0.05, 0.1) is 0 Å². The van der Waals surface area contributed by atoms with Gasteiger partial charge in [-0.05, 0) is 6.92 Å². The van der Waals surface area contributed by atoms with Gasteiger partial charge >= 0.3 is 0 Å². The van der Waals surface area contributed by atoms with Crippen LogP contribution in [0.5, 0.6) is 0 Å². The smallest absolute Gasteiger partial charge is 0.157 e.